The van der Waals surface area contributed by atoms with E-state index < -0.39 is 21.8 Å². The number of anilines is 1. The highest BCUT2D eigenvalue weighted by atomic mass is 16.6. The fraction of sp³-hybridized carbons (Fsp3) is 0.0690. The van der Waals surface area contributed by atoms with Gasteiger partial charge >= 0.3 is 17.9 Å². The third-order valence-corrected chi connectivity index (χ3v) is 6.41. The summed E-state index contributed by atoms with van der Waals surface area (Å²) < 4.78 is 9.12. The summed E-state index contributed by atoms with van der Waals surface area (Å²) in [5.74, 6) is -2.08. The van der Waals surface area contributed by atoms with E-state index in [1.54, 1.807) is 30.3 Å². The number of nitrogens with one attached hydrogen (secondary N) is 3. The number of rotatable bonds is 5. The van der Waals surface area contributed by atoms with Crippen LogP contribution in [0.2, 0.25) is 0 Å². The molecule has 0 saturated heterocycles. The Morgan fingerprint density at radius 1 is 0.667 bits per heavy atom. The number of carboxylic acid groups (broad SMARTS) is 1. The molecular formula is C29H24N6O10. The van der Waals surface area contributed by atoms with Gasteiger partial charge in [-0.1, -0.05) is 18.2 Å². The minimum atomic E-state index is -1.14. The van der Waals surface area contributed by atoms with E-state index in [9.17, 15) is 34.6 Å². The average molecular weight is 617 g/mol. The van der Waals surface area contributed by atoms with Crippen molar-refractivity contribution in [3.05, 3.63) is 110 Å². The molecule has 45 heavy (non-hydrogen) atoms. The van der Waals surface area contributed by atoms with Crippen LogP contribution in [0, 0.1) is 20.2 Å². The summed E-state index contributed by atoms with van der Waals surface area (Å²) in [7, 11) is 2.60. The Bertz CT molecular complexity index is 2090. The SMILES string of the molecule is COC(=O)c1cc2c(N)cccc2[nH]1.COC(=O)c1cc2c([N+](=O)[O-])cccc2[nH]1.O=C(O)c1cc2c([N+](=O)[O-])cccc2[nH]1. The maximum absolute atomic E-state index is 11.2. The molecule has 6 N–H and O–H groups in total. The van der Waals surface area contributed by atoms with Crippen molar-refractivity contribution in [2.45, 2.75) is 0 Å². The lowest BCUT2D eigenvalue weighted by Crippen LogP contribution is -2.00. The van der Waals surface area contributed by atoms with E-state index in [2.05, 4.69) is 24.4 Å². The highest BCUT2D eigenvalue weighted by Gasteiger charge is 2.17. The highest BCUT2D eigenvalue weighted by molar-refractivity contribution is 6.00. The number of carbonyl (C=O) groups excluding carboxylic acids is 2. The molecule has 0 spiro atoms. The van der Waals surface area contributed by atoms with E-state index in [0.717, 1.165) is 10.9 Å². The Morgan fingerprint density at radius 3 is 1.44 bits per heavy atom. The van der Waals surface area contributed by atoms with Crippen LogP contribution in [-0.4, -0.2) is 62.0 Å². The molecule has 6 aromatic rings. The molecule has 0 aliphatic heterocycles. The lowest BCUT2D eigenvalue weighted by atomic mass is 10.2. The summed E-state index contributed by atoms with van der Waals surface area (Å²) in [6.07, 6.45) is 0. The number of H-pyrrole nitrogens is 3. The number of nitro benzene ring substituents is 2. The second kappa shape index (κ2) is 13.1. The standard InChI is InChI=1S/C10H8N2O4.C10H10N2O2.C9H6N2O4/c1-16-10(13)8-5-6-7(11-8)3-2-4-9(6)12(14)15;1-14-10(13)9-5-6-7(11)3-2-4-8(6)12-9;12-9(13)7-4-5-6(10-7)2-1-3-8(5)11(14)15/h2-5,11H,1H3;2-5,12H,11H2,1H3;1-4,10H,(H,12,13). The zero-order valence-electron chi connectivity index (χ0n) is 23.5. The predicted molar refractivity (Wildman–Crippen MR) is 162 cm³/mol. The normalized spacial score (nSPS) is 10.4. The molecule has 0 bridgehead atoms. The number of non-ortho nitro benzene ring substituents is 2. The Kier molecular flexibility index (Phi) is 9.07. The number of esters is 2. The maximum atomic E-state index is 11.2. The van der Waals surface area contributed by atoms with Crippen LogP contribution >= 0.6 is 0 Å². The summed E-state index contributed by atoms with van der Waals surface area (Å²) in [6.45, 7) is 0. The molecule has 0 fully saturated rings. The first-order valence-corrected chi connectivity index (χ1v) is 12.7. The van der Waals surface area contributed by atoms with E-state index in [-0.39, 0.29) is 28.7 Å². The van der Waals surface area contributed by atoms with E-state index in [0.29, 0.717) is 33.2 Å². The second-order valence-electron chi connectivity index (χ2n) is 9.14. The summed E-state index contributed by atoms with van der Waals surface area (Å²) in [6, 6.07) is 18.9. The minimum Gasteiger partial charge on any atom is -0.477 e. The molecular weight excluding hydrogens is 592 g/mol. The molecule has 0 amide bonds. The number of hydrogen-bond acceptors (Lipinski definition) is 10. The van der Waals surface area contributed by atoms with Gasteiger partial charge in [0.05, 0.1) is 45.9 Å². The van der Waals surface area contributed by atoms with Gasteiger partial charge in [0, 0.05) is 28.7 Å². The predicted octanol–water partition coefficient (Wildman–Crippen LogP) is 5.17. The number of carboxylic acids is 1. The number of nitrogens with zero attached hydrogens (tertiary/aromatic N) is 2. The number of aromatic carboxylic acids is 1. The number of nitrogens with two attached hydrogens (primary N) is 1. The third-order valence-electron chi connectivity index (χ3n) is 6.41. The fourth-order valence-corrected chi connectivity index (χ4v) is 4.33. The monoisotopic (exact) mass is 616 g/mol. The van der Waals surface area contributed by atoms with Crippen LogP contribution in [0.1, 0.15) is 31.5 Å². The van der Waals surface area contributed by atoms with Gasteiger partial charge in [-0.15, -0.1) is 0 Å². The molecule has 230 valence electrons. The zero-order valence-corrected chi connectivity index (χ0v) is 23.5. The quantitative estimate of drug-likeness (QED) is 0.0730. The van der Waals surface area contributed by atoms with Gasteiger partial charge in [-0.05, 0) is 42.5 Å². The molecule has 6 rings (SSSR count). The first-order valence-electron chi connectivity index (χ1n) is 12.7. The van der Waals surface area contributed by atoms with Crippen LogP contribution in [0.4, 0.5) is 17.1 Å². The number of fused-ring (bicyclic) bond motifs is 3. The van der Waals surface area contributed by atoms with Crippen molar-refractivity contribution in [3.8, 4) is 0 Å². The van der Waals surface area contributed by atoms with Gasteiger partial charge in [0.1, 0.15) is 17.1 Å². The Labute approximate surface area is 251 Å². The van der Waals surface area contributed by atoms with Crippen LogP contribution in [0.15, 0.2) is 72.8 Å². The third kappa shape index (κ3) is 6.69. The summed E-state index contributed by atoms with van der Waals surface area (Å²) in [5.41, 5.74) is 8.63. The lowest BCUT2D eigenvalue weighted by Gasteiger charge is -1.92. The van der Waals surface area contributed by atoms with Crippen molar-refractivity contribution in [3.63, 3.8) is 0 Å². The molecule has 0 radical (unpaired) electrons. The molecule has 3 heterocycles. The van der Waals surface area contributed by atoms with Gasteiger partial charge in [0.25, 0.3) is 11.4 Å². The number of nitro groups is 2. The van der Waals surface area contributed by atoms with Gasteiger partial charge in [-0.2, -0.15) is 0 Å². The van der Waals surface area contributed by atoms with Crippen molar-refractivity contribution >= 4 is 67.7 Å². The summed E-state index contributed by atoms with van der Waals surface area (Å²) in [4.78, 5) is 61.7. The minimum absolute atomic E-state index is 0.0381. The van der Waals surface area contributed by atoms with E-state index in [1.165, 1.54) is 44.6 Å². The van der Waals surface area contributed by atoms with Crippen LogP contribution in [0.25, 0.3) is 32.7 Å². The Hall–Kier alpha value is -6.71. The number of aromatic nitrogens is 3. The topological polar surface area (TPSA) is 250 Å². The first-order chi connectivity index (χ1) is 21.4. The lowest BCUT2D eigenvalue weighted by molar-refractivity contribution is -0.383. The average Bonchev–Trinajstić information content (AvgIpc) is 3.77. The van der Waals surface area contributed by atoms with Crippen molar-refractivity contribution in [2.75, 3.05) is 20.0 Å². The molecule has 3 aromatic carbocycles. The van der Waals surface area contributed by atoms with Crippen LogP contribution in [0.3, 0.4) is 0 Å². The Morgan fingerprint density at radius 2 is 1.04 bits per heavy atom. The number of methoxy groups -OCH3 is 2. The second-order valence-corrected chi connectivity index (χ2v) is 9.14. The number of ether oxygens (including phenoxy) is 2. The van der Waals surface area contributed by atoms with E-state index >= 15 is 0 Å². The molecule has 16 nitrogen and oxygen atoms in total. The van der Waals surface area contributed by atoms with Crippen LogP contribution in [0.5, 0.6) is 0 Å². The molecule has 16 heteroatoms. The fourth-order valence-electron chi connectivity index (χ4n) is 4.33. The molecule has 0 atom stereocenters. The summed E-state index contributed by atoms with van der Waals surface area (Å²) in [5, 5.41) is 31.6. The number of carbonyl (C=O) groups is 3. The number of nitrogen functional groups attached to an aromatic ring is 1. The van der Waals surface area contributed by atoms with Gasteiger partial charge in [0.2, 0.25) is 0 Å². The van der Waals surface area contributed by atoms with E-state index in [4.69, 9.17) is 10.8 Å². The largest absolute Gasteiger partial charge is 0.477 e. The molecule has 3 aromatic heterocycles. The van der Waals surface area contributed by atoms with Gasteiger partial charge in [-0.25, -0.2) is 14.4 Å². The molecule has 0 aliphatic rings. The van der Waals surface area contributed by atoms with E-state index in [1.807, 2.05) is 12.1 Å². The smallest absolute Gasteiger partial charge is 0.354 e. The van der Waals surface area contributed by atoms with Crippen molar-refractivity contribution in [2.24, 2.45) is 0 Å². The number of hydrogen-bond donors (Lipinski definition) is 5. The highest BCUT2D eigenvalue weighted by Crippen LogP contribution is 2.27. The molecule has 0 unspecified atom stereocenters. The van der Waals surface area contributed by atoms with Gasteiger partial charge in [-0.3, -0.25) is 20.2 Å². The van der Waals surface area contributed by atoms with Crippen molar-refractivity contribution in [1.82, 2.24) is 15.0 Å². The van der Waals surface area contributed by atoms with Crippen molar-refractivity contribution in [1.29, 1.82) is 0 Å². The molecule has 0 saturated carbocycles. The summed E-state index contributed by atoms with van der Waals surface area (Å²) >= 11 is 0. The Balaban J connectivity index is 0.000000154. The van der Waals surface area contributed by atoms with Crippen LogP contribution < -0.4 is 5.73 Å². The van der Waals surface area contributed by atoms with Gasteiger partial charge < -0.3 is 35.3 Å². The number of aromatic amines is 3. The van der Waals surface area contributed by atoms with Gasteiger partial charge in [0.15, 0.2) is 0 Å². The first kappa shape index (κ1) is 31.2. The van der Waals surface area contributed by atoms with Crippen molar-refractivity contribution < 1.29 is 38.8 Å². The zero-order chi connectivity index (χ0) is 32.8. The maximum Gasteiger partial charge on any atom is 0.354 e. The van der Waals surface area contributed by atoms with Crippen LogP contribution in [-0.2, 0) is 9.47 Å². The molecule has 0 aliphatic carbocycles. The number of benzene rings is 3.